The Morgan fingerprint density at radius 1 is 0.542 bits per heavy atom. The lowest BCUT2D eigenvalue weighted by Crippen LogP contribution is -2.58. The minimum atomic E-state index is -4.93. The highest BCUT2D eigenvalue weighted by Crippen LogP contribution is 2.53. The summed E-state index contributed by atoms with van der Waals surface area (Å²) in [6.45, 7) is 12.5. The zero-order valence-corrected chi connectivity index (χ0v) is 41.1. The number of ether oxygens (including phenoxy) is 3. The van der Waals surface area contributed by atoms with E-state index in [0.29, 0.717) is 63.5 Å². The molecule has 2 aliphatic carbocycles. The van der Waals surface area contributed by atoms with Crippen LogP contribution in [0.25, 0.3) is 0 Å². The van der Waals surface area contributed by atoms with E-state index in [9.17, 15) is 62.6 Å². The molecule has 1 amide bonds. The van der Waals surface area contributed by atoms with E-state index in [4.69, 9.17) is 14.2 Å². The van der Waals surface area contributed by atoms with E-state index in [0.717, 1.165) is 23.3 Å². The predicted molar refractivity (Wildman–Crippen MR) is 246 cm³/mol. The first kappa shape index (κ1) is 56.5. The largest absolute Gasteiger partial charge is 0.441 e. The summed E-state index contributed by atoms with van der Waals surface area (Å²) >= 11 is 0. The molecule has 4 aromatic rings. The molecule has 3 aliphatic rings. The molecule has 0 radical (unpaired) electrons. The second-order valence-electron chi connectivity index (χ2n) is 21.1. The maximum Gasteiger partial charge on any atom is 0.416 e. The number of aliphatic hydroxyl groups is 1. The molecule has 0 aromatic heterocycles. The molecule has 1 aliphatic heterocycles. The van der Waals surface area contributed by atoms with Gasteiger partial charge in [0.1, 0.15) is 5.60 Å². The lowest BCUT2D eigenvalue weighted by atomic mass is 9.57. The highest BCUT2D eigenvalue weighted by molar-refractivity contribution is 5.72. The van der Waals surface area contributed by atoms with Crippen molar-refractivity contribution in [2.45, 2.75) is 164 Å². The van der Waals surface area contributed by atoms with Crippen LogP contribution in [0.3, 0.4) is 0 Å². The Morgan fingerprint density at radius 3 is 1.14 bits per heavy atom. The fourth-order valence-corrected chi connectivity index (χ4v) is 10.3. The molecule has 72 heavy (non-hydrogen) atoms. The van der Waals surface area contributed by atoms with Gasteiger partial charge in [-0.05, 0) is 157 Å². The van der Waals surface area contributed by atoms with E-state index in [2.05, 4.69) is 5.32 Å². The van der Waals surface area contributed by atoms with Crippen molar-refractivity contribution in [3.63, 3.8) is 0 Å². The molecule has 2 atom stereocenters. The second-order valence-corrected chi connectivity index (χ2v) is 21.1. The molecule has 396 valence electrons. The van der Waals surface area contributed by atoms with Crippen molar-refractivity contribution >= 4 is 6.09 Å². The highest BCUT2D eigenvalue weighted by atomic mass is 19.4. The van der Waals surface area contributed by atoms with Gasteiger partial charge in [-0.25, -0.2) is 4.79 Å². The van der Waals surface area contributed by atoms with E-state index in [1.54, 1.807) is 13.8 Å². The van der Waals surface area contributed by atoms with Gasteiger partial charge in [-0.2, -0.15) is 52.7 Å². The van der Waals surface area contributed by atoms with Crippen molar-refractivity contribution < 1.29 is 76.8 Å². The van der Waals surface area contributed by atoms with E-state index in [-0.39, 0.29) is 41.9 Å². The Labute approximate surface area is 411 Å². The normalized spacial score (nSPS) is 25.8. The molecule has 0 bridgehead atoms. The zero-order chi connectivity index (χ0) is 53.6. The van der Waals surface area contributed by atoms with Crippen LogP contribution in [0.5, 0.6) is 0 Å². The number of cyclic esters (lactones) is 1. The molecule has 2 saturated carbocycles. The number of hydrogen-bond acceptors (Lipinski definition) is 5. The van der Waals surface area contributed by atoms with Gasteiger partial charge in [0.05, 0.1) is 58.8 Å². The van der Waals surface area contributed by atoms with Gasteiger partial charge >= 0.3 is 30.8 Å². The van der Waals surface area contributed by atoms with Gasteiger partial charge in [0.25, 0.3) is 0 Å². The van der Waals surface area contributed by atoms with Crippen LogP contribution in [0.4, 0.5) is 57.5 Å². The minimum absolute atomic E-state index is 0.0844. The average molecular weight is 1030 g/mol. The van der Waals surface area contributed by atoms with Gasteiger partial charge in [0, 0.05) is 10.8 Å². The first-order valence-electron chi connectivity index (χ1n) is 23.7. The number of hydrogen-bond donors (Lipinski definition) is 2. The quantitative estimate of drug-likeness (QED) is 0.146. The molecule has 3 fully saturated rings. The molecule has 1 spiro atoms. The van der Waals surface area contributed by atoms with Gasteiger partial charge in [-0.3, -0.25) is 0 Å². The summed E-state index contributed by atoms with van der Waals surface area (Å²) in [5.74, 6) is 0. The van der Waals surface area contributed by atoms with Crippen molar-refractivity contribution in [1.82, 2.24) is 5.32 Å². The molecular weight excluding hydrogens is 971 g/mol. The molecule has 4 aromatic carbocycles. The van der Waals surface area contributed by atoms with Crippen LogP contribution < -0.4 is 5.32 Å². The number of alkyl halides is 12. The van der Waals surface area contributed by atoms with Crippen molar-refractivity contribution in [3.8, 4) is 0 Å². The number of nitrogens with one attached hydrogen (secondary N) is 1. The SMILES string of the molecule is CC(OCC1(c2ccccc2)CCC2(CC1)NC(=O)OC2(C)C)c1cc(C(F)(F)F)cc(C(F)(F)F)c1.C[C@@H](OCC1(c2ccccc2)CCC(C)(C(C)(C)O)CC1)c1cc(C(F)(F)F)cc(C(F)(F)F)c1. The second kappa shape index (κ2) is 20.1. The third-order valence-corrected chi connectivity index (χ3v) is 15.8. The highest BCUT2D eigenvalue weighted by Gasteiger charge is 2.58. The van der Waals surface area contributed by atoms with E-state index < -0.39 is 92.8 Å². The maximum absolute atomic E-state index is 13.3. The van der Waals surface area contributed by atoms with Crippen LogP contribution in [0.15, 0.2) is 97.1 Å². The molecule has 18 heteroatoms. The molecule has 1 unspecified atom stereocenters. The van der Waals surface area contributed by atoms with Gasteiger partial charge in [-0.1, -0.05) is 67.6 Å². The molecule has 1 heterocycles. The smallest absolute Gasteiger partial charge is 0.416 e. The van der Waals surface area contributed by atoms with Gasteiger partial charge in [0.2, 0.25) is 0 Å². The Bertz CT molecular complexity index is 2410. The molecular formula is C54H61F12NO5. The van der Waals surface area contributed by atoms with E-state index in [1.165, 1.54) is 13.8 Å². The van der Waals surface area contributed by atoms with Crippen LogP contribution in [0, 0.1) is 5.41 Å². The van der Waals surface area contributed by atoms with Gasteiger partial charge in [-0.15, -0.1) is 0 Å². The predicted octanol–water partition coefficient (Wildman–Crippen LogP) is 15.7. The molecule has 2 N–H and O–H groups in total. The van der Waals surface area contributed by atoms with Crippen LogP contribution >= 0.6 is 0 Å². The standard InChI is InChI=1S/C27H29F6NO3.C27H32F6O2/c1-17(18-13-20(26(28,29)30)15-21(14-18)27(31,32)33)36-16-24(19-7-5-4-6-8-19)9-11-25(12-10-24)23(2,3)37-22(35)34-25;1-18(19-14-21(26(28,29)30)16-22(15-19)27(31,32)33)35-17-25(20-8-6-5-7-9-20)12-10-24(4,11-13-25)23(2,3)34/h4-8,13-15,17H,9-12,16H2,1-3H3,(H,34,35);5-9,14-16,18,34H,10-13,17H2,1-4H3/t;18-,24?,25?/m.1/s1. The van der Waals surface area contributed by atoms with E-state index in [1.807, 2.05) is 81.4 Å². The minimum Gasteiger partial charge on any atom is -0.441 e. The fraction of sp³-hybridized carbons (Fsp3) is 0.537. The Morgan fingerprint density at radius 2 is 0.861 bits per heavy atom. The third-order valence-electron chi connectivity index (χ3n) is 15.8. The van der Waals surface area contributed by atoms with Crippen molar-refractivity contribution in [3.05, 3.63) is 142 Å². The summed E-state index contributed by atoms with van der Waals surface area (Å²) in [6, 6.07) is 22.2. The lowest BCUT2D eigenvalue weighted by molar-refractivity contribution is -0.145. The fourth-order valence-electron chi connectivity index (χ4n) is 10.3. The summed E-state index contributed by atoms with van der Waals surface area (Å²) < 4.78 is 177. The number of rotatable bonds is 11. The number of benzene rings is 4. The number of alkyl carbamates (subject to hydrolysis) is 1. The summed E-state index contributed by atoms with van der Waals surface area (Å²) in [5.41, 5.74) is -7.38. The number of amides is 1. The first-order valence-corrected chi connectivity index (χ1v) is 23.7. The van der Waals surface area contributed by atoms with Gasteiger partial charge < -0.3 is 24.6 Å². The average Bonchev–Trinajstić information content (AvgIpc) is 3.53. The number of carbonyl (C=O) groups excluding carboxylic acids is 1. The summed E-state index contributed by atoms with van der Waals surface area (Å²) in [5, 5.41) is 13.6. The maximum atomic E-state index is 13.3. The summed E-state index contributed by atoms with van der Waals surface area (Å²) in [4.78, 5) is 12.0. The lowest BCUT2D eigenvalue weighted by Gasteiger charge is -2.50. The Hall–Kier alpha value is -4.81. The monoisotopic (exact) mass is 1030 g/mol. The summed E-state index contributed by atoms with van der Waals surface area (Å²) in [7, 11) is 0. The Balaban J connectivity index is 0.000000236. The van der Waals surface area contributed by atoms with Crippen molar-refractivity contribution in [1.29, 1.82) is 0 Å². The van der Waals surface area contributed by atoms with Gasteiger partial charge in [0.15, 0.2) is 0 Å². The zero-order valence-electron chi connectivity index (χ0n) is 41.1. The van der Waals surface area contributed by atoms with Crippen molar-refractivity contribution in [2.24, 2.45) is 5.41 Å². The molecule has 1 saturated heterocycles. The van der Waals surface area contributed by atoms with E-state index >= 15 is 0 Å². The summed E-state index contributed by atoms with van der Waals surface area (Å²) in [6.07, 6.45) is -17.1. The van der Waals surface area contributed by atoms with Crippen LogP contribution in [-0.2, 0) is 49.7 Å². The van der Waals surface area contributed by atoms with Crippen LogP contribution in [0.2, 0.25) is 0 Å². The molecule has 7 rings (SSSR count). The van der Waals surface area contributed by atoms with Crippen molar-refractivity contribution in [2.75, 3.05) is 13.2 Å². The van der Waals surface area contributed by atoms with Crippen LogP contribution in [-0.4, -0.2) is 41.2 Å². The third kappa shape index (κ3) is 12.4. The topological polar surface area (TPSA) is 77.0 Å². The molecule has 6 nitrogen and oxygen atoms in total. The first-order chi connectivity index (χ1) is 33.0. The number of halogens is 12. The van der Waals surface area contributed by atoms with Crippen LogP contribution in [0.1, 0.15) is 157 Å². The number of carbonyl (C=O) groups is 1. The Kier molecular flexibility index (Phi) is 15.8.